The van der Waals surface area contributed by atoms with Crippen molar-refractivity contribution in [2.24, 2.45) is 4.99 Å². The lowest BCUT2D eigenvalue weighted by Gasteiger charge is -2.20. The normalized spacial score (nSPS) is 21.6. The number of nitrogens with one attached hydrogen (secondary N) is 4. The highest BCUT2D eigenvalue weighted by atomic mass is 19.4. The molecule has 0 aromatic heterocycles. The van der Waals surface area contributed by atoms with Crippen LogP contribution in [0.15, 0.2) is 53.5 Å². The van der Waals surface area contributed by atoms with E-state index in [-0.39, 0.29) is 17.6 Å². The molecular formula is C24H25F6N5O. The number of carbonyl (C=O) groups excluding carboxylic acids is 1. The van der Waals surface area contributed by atoms with Crippen molar-refractivity contribution >= 4 is 11.9 Å². The van der Waals surface area contributed by atoms with Crippen LogP contribution in [0.1, 0.15) is 65.2 Å². The molecule has 194 valence electrons. The lowest BCUT2D eigenvalue weighted by molar-refractivity contribution is -0.138. The first-order valence-electron chi connectivity index (χ1n) is 11.5. The van der Waals surface area contributed by atoms with Gasteiger partial charge in [0.2, 0.25) is 5.96 Å². The van der Waals surface area contributed by atoms with E-state index in [0.717, 1.165) is 62.1 Å². The van der Waals surface area contributed by atoms with E-state index in [1.807, 2.05) is 0 Å². The Labute approximate surface area is 203 Å². The smallest absolute Gasteiger partial charge is 0.353 e. The predicted molar refractivity (Wildman–Crippen MR) is 121 cm³/mol. The maximum atomic E-state index is 13.1. The number of guanidine groups is 1. The molecule has 4 rings (SSSR count). The van der Waals surface area contributed by atoms with E-state index in [4.69, 9.17) is 0 Å². The molecule has 0 spiro atoms. The van der Waals surface area contributed by atoms with Gasteiger partial charge in [-0.25, -0.2) is 10.9 Å². The highest BCUT2D eigenvalue weighted by Gasteiger charge is 2.33. The van der Waals surface area contributed by atoms with Gasteiger partial charge in [-0.1, -0.05) is 25.0 Å². The first kappa shape index (κ1) is 26.0. The molecule has 6 nitrogen and oxygen atoms in total. The van der Waals surface area contributed by atoms with Gasteiger partial charge >= 0.3 is 12.4 Å². The van der Waals surface area contributed by atoms with E-state index in [2.05, 4.69) is 26.5 Å². The van der Waals surface area contributed by atoms with Gasteiger partial charge in [-0.2, -0.15) is 31.3 Å². The first-order valence-corrected chi connectivity index (χ1v) is 11.5. The summed E-state index contributed by atoms with van der Waals surface area (Å²) in [6.45, 7) is 0. The molecule has 2 fully saturated rings. The summed E-state index contributed by atoms with van der Waals surface area (Å²) in [5.41, 5.74) is 4.74. The standard InChI is InChI=1S/C24H25F6N5O/c25-23(26,27)16-10-8-14(9-11-16)21(36)33-22(31-18-6-1-2-7-18)32-20-13-19(34-35-20)15-4-3-5-17(12-15)24(28,29)30/h3-5,8-12,18-20,34-35H,1-2,6-7,13H2,(H2,31,32,33,36). The third-order valence-electron chi connectivity index (χ3n) is 6.20. The largest absolute Gasteiger partial charge is 0.416 e. The SMILES string of the molecule is O=C(/N=C(/NC1CCCC1)NC1CC(c2cccc(C(F)(F)F)c2)NN1)c1ccc(C(F)(F)F)cc1. The lowest BCUT2D eigenvalue weighted by atomic mass is 10.0. The number of aliphatic imine (C=N–C) groups is 1. The van der Waals surface area contributed by atoms with Gasteiger partial charge in [0.05, 0.1) is 17.3 Å². The topological polar surface area (TPSA) is 77.5 Å². The number of rotatable bonds is 4. The van der Waals surface area contributed by atoms with Gasteiger partial charge in [0.25, 0.3) is 5.91 Å². The van der Waals surface area contributed by atoms with Crippen molar-refractivity contribution in [3.8, 4) is 0 Å². The van der Waals surface area contributed by atoms with E-state index in [1.54, 1.807) is 6.07 Å². The van der Waals surface area contributed by atoms with Crippen LogP contribution in [0.5, 0.6) is 0 Å². The van der Waals surface area contributed by atoms with Crippen LogP contribution in [0.25, 0.3) is 0 Å². The average Bonchev–Trinajstić information content (AvgIpc) is 3.50. The zero-order chi connectivity index (χ0) is 25.9. The third kappa shape index (κ3) is 6.55. The molecule has 4 N–H and O–H groups in total. The lowest BCUT2D eigenvalue weighted by Crippen LogP contribution is -2.51. The molecule has 1 aliphatic heterocycles. The van der Waals surface area contributed by atoms with Gasteiger partial charge in [-0.3, -0.25) is 4.79 Å². The number of nitrogens with zero attached hydrogens (tertiary/aromatic N) is 1. The molecule has 0 radical (unpaired) electrons. The Kier molecular flexibility index (Phi) is 7.55. The summed E-state index contributed by atoms with van der Waals surface area (Å²) in [5, 5.41) is 6.25. The van der Waals surface area contributed by atoms with Crippen LogP contribution in [-0.2, 0) is 12.4 Å². The van der Waals surface area contributed by atoms with E-state index in [9.17, 15) is 31.1 Å². The minimum atomic E-state index is -4.51. The van der Waals surface area contributed by atoms with E-state index < -0.39 is 41.6 Å². The number of benzene rings is 2. The quantitative estimate of drug-likeness (QED) is 0.266. The molecule has 1 amide bonds. The van der Waals surface area contributed by atoms with Crippen molar-refractivity contribution in [2.45, 2.75) is 62.7 Å². The summed E-state index contributed by atoms with van der Waals surface area (Å²) in [4.78, 5) is 16.8. The average molecular weight is 513 g/mol. The number of amides is 1. The van der Waals surface area contributed by atoms with Crippen LogP contribution >= 0.6 is 0 Å². The number of halogens is 6. The summed E-state index contributed by atoms with van der Waals surface area (Å²) < 4.78 is 77.7. The van der Waals surface area contributed by atoms with Crippen molar-refractivity contribution in [1.82, 2.24) is 21.5 Å². The van der Waals surface area contributed by atoms with Crippen LogP contribution < -0.4 is 21.5 Å². The van der Waals surface area contributed by atoms with Crippen LogP contribution in [0.4, 0.5) is 26.3 Å². The minimum Gasteiger partial charge on any atom is -0.353 e. The Balaban J connectivity index is 1.47. The fourth-order valence-electron chi connectivity index (χ4n) is 4.30. The fraction of sp³-hybridized carbons (Fsp3) is 0.417. The maximum Gasteiger partial charge on any atom is 0.416 e. The Morgan fingerprint density at radius 3 is 2.17 bits per heavy atom. The van der Waals surface area contributed by atoms with Crippen LogP contribution in [0, 0.1) is 0 Å². The van der Waals surface area contributed by atoms with Gasteiger partial charge in [0, 0.05) is 24.1 Å². The van der Waals surface area contributed by atoms with Crippen LogP contribution in [-0.4, -0.2) is 24.1 Å². The van der Waals surface area contributed by atoms with E-state index >= 15 is 0 Å². The van der Waals surface area contributed by atoms with E-state index in [1.165, 1.54) is 6.07 Å². The molecule has 2 aromatic carbocycles. The highest BCUT2D eigenvalue weighted by molar-refractivity contribution is 6.02. The number of hydrogen-bond donors (Lipinski definition) is 4. The second kappa shape index (κ2) is 10.5. The Morgan fingerprint density at radius 1 is 0.861 bits per heavy atom. The molecule has 1 saturated carbocycles. The number of alkyl halides is 6. The second-order valence-corrected chi connectivity index (χ2v) is 8.86. The zero-order valence-corrected chi connectivity index (χ0v) is 19.0. The molecule has 2 unspecified atom stereocenters. The monoisotopic (exact) mass is 513 g/mol. The molecular weight excluding hydrogens is 488 g/mol. The Morgan fingerprint density at radius 2 is 1.53 bits per heavy atom. The van der Waals surface area contributed by atoms with Gasteiger partial charge in [0.15, 0.2) is 0 Å². The number of hydrazine groups is 1. The zero-order valence-electron chi connectivity index (χ0n) is 19.0. The van der Waals surface area contributed by atoms with Gasteiger partial charge in [-0.05, 0) is 54.8 Å². The summed E-state index contributed by atoms with van der Waals surface area (Å²) in [5.74, 6) is -0.576. The highest BCUT2D eigenvalue weighted by Crippen LogP contribution is 2.32. The van der Waals surface area contributed by atoms with Crippen molar-refractivity contribution in [1.29, 1.82) is 0 Å². The predicted octanol–water partition coefficient (Wildman–Crippen LogP) is 4.91. The Bertz CT molecular complexity index is 1090. The molecule has 2 aromatic rings. The second-order valence-electron chi connectivity index (χ2n) is 8.86. The molecule has 2 atom stereocenters. The fourth-order valence-corrected chi connectivity index (χ4v) is 4.30. The molecule has 1 aliphatic carbocycles. The first-order chi connectivity index (χ1) is 17.0. The van der Waals surface area contributed by atoms with Crippen molar-refractivity contribution in [2.75, 3.05) is 0 Å². The third-order valence-corrected chi connectivity index (χ3v) is 6.20. The van der Waals surface area contributed by atoms with Gasteiger partial charge in [0.1, 0.15) is 0 Å². The molecule has 1 heterocycles. The molecule has 0 bridgehead atoms. The van der Waals surface area contributed by atoms with Gasteiger partial charge < -0.3 is 10.6 Å². The molecule has 1 saturated heterocycles. The molecule has 36 heavy (non-hydrogen) atoms. The summed E-state index contributed by atoms with van der Waals surface area (Å²) in [7, 11) is 0. The summed E-state index contributed by atoms with van der Waals surface area (Å²) in [6, 6.07) is 8.46. The number of hydrogen-bond acceptors (Lipinski definition) is 3. The van der Waals surface area contributed by atoms with Crippen LogP contribution in [0.2, 0.25) is 0 Å². The number of carbonyl (C=O) groups is 1. The van der Waals surface area contributed by atoms with Gasteiger partial charge in [-0.15, -0.1) is 0 Å². The van der Waals surface area contributed by atoms with Crippen molar-refractivity contribution in [3.05, 3.63) is 70.8 Å². The van der Waals surface area contributed by atoms with Crippen molar-refractivity contribution in [3.63, 3.8) is 0 Å². The maximum absolute atomic E-state index is 13.1. The summed E-state index contributed by atoms with van der Waals surface area (Å²) in [6.07, 6.45) is -5.32. The molecule has 2 aliphatic rings. The summed E-state index contributed by atoms with van der Waals surface area (Å²) >= 11 is 0. The minimum absolute atomic E-state index is 0.00475. The van der Waals surface area contributed by atoms with Crippen LogP contribution in [0.3, 0.4) is 0 Å². The molecule has 12 heteroatoms. The Hall–Kier alpha value is -3.12. The van der Waals surface area contributed by atoms with E-state index in [0.29, 0.717) is 12.0 Å². The van der Waals surface area contributed by atoms with Crippen molar-refractivity contribution < 1.29 is 31.1 Å².